The van der Waals surface area contributed by atoms with Crippen LogP contribution < -0.4 is 14.8 Å². The van der Waals surface area contributed by atoms with E-state index in [9.17, 15) is 9.59 Å². The maximum atomic E-state index is 12.5. The Bertz CT molecular complexity index is 1460. The van der Waals surface area contributed by atoms with E-state index in [0.29, 0.717) is 56.2 Å². The maximum Gasteiger partial charge on any atom is 0.261 e. The SMILES string of the molecule is COc1cc(OC)c(Cl)c(-c2ccc3nc(NCCN4C(=O)c5ccccc5C4=O)ncc3c2)c1Cl. The van der Waals surface area contributed by atoms with E-state index in [2.05, 4.69) is 15.3 Å². The summed E-state index contributed by atoms with van der Waals surface area (Å²) in [7, 11) is 3.05. The minimum atomic E-state index is -0.296. The first-order valence-electron chi connectivity index (χ1n) is 11.0. The molecule has 0 unspecified atom stereocenters. The third-order valence-electron chi connectivity index (χ3n) is 5.94. The van der Waals surface area contributed by atoms with E-state index >= 15 is 0 Å². The molecule has 0 radical (unpaired) electrons. The normalized spacial score (nSPS) is 12.7. The fourth-order valence-corrected chi connectivity index (χ4v) is 4.85. The summed E-state index contributed by atoms with van der Waals surface area (Å²) >= 11 is 13.1. The van der Waals surface area contributed by atoms with E-state index in [1.165, 1.54) is 19.1 Å². The van der Waals surface area contributed by atoms with Crippen LogP contribution in [0.25, 0.3) is 22.0 Å². The van der Waals surface area contributed by atoms with Gasteiger partial charge in [0.2, 0.25) is 5.95 Å². The van der Waals surface area contributed by atoms with Crippen molar-refractivity contribution < 1.29 is 19.1 Å². The Morgan fingerprint density at radius 3 is 2.17 bits per heavy atom. The summed E-state index contributed by atoms with van der Waals surface area (Å²) in [6, 6.07) is 14.0. The molecule has 0 fully saturated rings. The van der Waals surface area contributed by atoms with Gasteiger partial charge in [0.1, 0.15) is 11.5 Å². The molecular formula is C26H20Cl2N4O4. The number of fused-ring (bicyclic) bond motifs is 2. The van der Waals surface area contributed by atoms with Crippen LogP contribution in [0.1, 0.15) is 20.7 Å². The fourth-order valence-electron chi connectivity index (χ4n) is 4.13. The van der Waals surface area contributed by atoms with E-state index in [1.54, 1.807) is 36.5 Å². The number of ether oxygens (including phenoxy) is 2. The zero-order valence-corrected chi connectivity index (χ0v) is 20.9. The molecule has 1 aliphatic rings. The van der Waals surface area contributed by atoms with Gasteiger partial charge in [-0.15, -0.1) is 0 Å². The van der Waals surface area contributed by atoms with Gasteiger partial charge in [-0.3, -0.25) is 14.5 Å². The highest BCUT2D eigenvalue weighted by Crippen LogP contribution is 2.46. The van der Waals surface area contributed by atoms with E-state index in [1.807, 2.05) is 18.2 Å². The largest absolute Gasteiger partial charge is 0.495 e. The Hall–Kier alpha value is -3.88. The molecule has 0 saturated carbocycles. The van der Waals surface area contributed by atoms with Crippen molar-refractivity contribution in [3.63, 3.8) is 0 Å². The lowest BCUT2D eigenvalue weighted by molar-refractivity contribution is 0.0660. The van der Waals surface area contributed by atoms with Crippen LogP contribution in [-0.4, -0.2) is 54.0 Å². The smallest absolute Gasteiger partial charge is 0.261 e. The lowest BCUT2D eigenvalue weighted by atomic mass is 10.0. The summed E-state index contributed by atoms with van der Waals surface area (Å²) in [6.45, 7) is 0.505. The molecule has 3 aromatic carbocycles. The predicted octanol–water partition coefficient (Wildman–Crippen LogP) is 5.33. The summed E-state index contributed by atoms with van der Waals surface area (Å²) in [6.07, 6.45) is 1.68. The summed E-state index contributed by atoms with van der Waals surface area (Å²) in [5, 5.41) is 4.59. The van der Waals surface area contributed by atoms with Crippen molar-refractivity contribution >= 4 is 51.9 Å². The second kappa shape index (κ2) is 9.64. The van der Waals surface area contributed by atoms with Gasteiger partial charge in [-0.2, -0.15) is 0 Å². The molecule has 1 N–H and O–H groups in total. The molecule has 0 saturated heterocycles. The number of hydrogen-bond acceptors (Lipinski definition) is 7. The monoisotopic (exact) mass is 522 g/mol. The van der Waals surface area contributed by atoms with Gasteiger partial charge in [0, 0.05) is 36.3 Å². The van der Waals surface area contributed by atoms with Gasteiger partial charge in [0.15, 0.2) is 0 Å². The van der Waals surface area contributed by atoms with E-state index in [4.69, 9.17) is 32.7 Å². The third kappa shape index (κ3) is 4.08. The maximum absolute atomic E-state index is 12.5. The lowest BCUT2D eigenvalue weighted by Crippen LogP contribution is -2.34. The van der Waals surface area contributed by atoms with Crippen LogP contribution in [0.2, 0.25) is 10.0 Å². The van der Waals surface area contributed by atoms with Crippen molar-refractivity contribution in [1.29, 1.82) is 0 Å². The first kappa shape index (κ1) is 23.8. The number of hydrogen-bond donors (Lipinski definition) is 1. The Kier molecular flexibility index (Phi) is 6.38. The van der Waals surface area contributed by atoms with Gasteiger partial charge in [0.25, 0.3) is 11.8 Å². The quantitative estimate of drug-likeness (QED) is 0.328. The number of benzene rings is 3. The number of nitrogens with zero attached hydrogens (tertiary/aromatic N) is 3. The Labute approximate surface area is 216 Å². The lowest BCUT2D eigenvalue weighted by Gasteiger charge is -2.15. The summed E-state index contributed by atoms with van der Waals surface area (Å²) < 4.78 is 10.7. The Balaban J connectivity index is 1.34. The van der Waals surface area contributed by atoms with Gasteiger partial charge in [-0.25, -0.2) is 9.97 Å². The number of carbonyl (C=O) groups excluding carboxylic acids is 2. The standard InChI is InChI=1S/C26H20Cl2N4O4/c1-35-19-12-20(36-2)23(28)21(22(19)27)14-7-8-18-15(11-14)13-30-26(31-18)29-9-10-32-24(33)16-5-3-4-6-17(16)25(32)34/h3-8,11-13H,9-10H2,1-2H3,(H,29,30,31). The van der Waals surface area contributed by atoms with Gasteiger partial charge in [-0.05, 0) is 29.8 Å². The molecule has 2 heterocycles. The zero-order valence-electron chi connectivity index (χ0n) is 19.3. The first-order chi connectivity index (χ1) is 17.4. The summed E-state index contributed by atoms with van der Waals surface area (Å²) in [5.74, 6) is 0.682. The Morgan fingerprint density at radius 1 is 0.917 bits per heavy atom. The van der Waals surface area contributed by atoms with Crippen molar-refractivity contribution in [1.82, 2.24) is 14.9 Å². The van der Waals surface area contributed by atoms with Crippen LogP contribution in [0.3, 0.4) is 0 Å². The van der Waals surface area contributed by atoms with E-state index in [-0.39, 0.29) is 18.4 Å². The van der Waals surface area contributed by atoms with Gasteiger partial charge >= 0.3 is 0 Å². The number of halogens is 2. The second-order valence-corrected chi connectivity index (χ2v) is 8.74. The highest BCUT2D eigenvalue weighted by molar-refractivity contribution is 6.41. The molecule has 2 amide bonds. The number of nitrogens with one attached hydrogen (secondary N) is 1. The molecule has 10 heteroatoms. The molecule has 36 heavy (non-hydrogen) atoms. The highest BCUT2D eigenvalue weighted by Gasteiger charge is 2.34. The molecule has 4 aromatic rings. The molecular weight excluding hydrogens is 503 g/mol. The highest BCUT2D eigenvalue weighted by atomic mass is 35.5. The molecule has 1 aromatic heterocycles. The number of rotatable bonds is 7. The van der Waals surface area contributed by atoms with Crippen molar-refractivity contribution in [3.8, 4) is 22.6 Å². The van der Waals surface area contributed by atoms with Crippen LogP contribution in [-0.2, 0) is 0 Å². The first-order valence-corrected chi connectivity index (χ1v) is 11.7. The second-order valence-electron chi connectivity index (χ2n) is 7.99. The van der Waals surface area contributed by atoms with Crippen molar-refractivity contribution in [2.75, 3.05) is 32.6 Å². The molecule has 0 atom stereocenters. The van der Waals surface area contributed by atoms with Crippen LogP contribution in [0.4, 0.5) is 5.95 Å². The number of methoxy groups -OCH3 is 2. The molecule has 182 valence electrons. The molecule has 0 bridgehead atoms. The number of imide groups is 1. The third-order valence-corrected chi connectivity index (χ3v) is 6.69. The van der Waals surface area contributed by atoms with Crippen molar-refractivity contribution in [2.45, 2.75) is 0 Å². The Morgan fingerprint density at radius 2 is 1.56 bits per heavy atom. The summed E-state index contributed by atoms with van der Waals surface area (Å²) in [4.78, 5) is 35.2. The zero-order chi connectivity index (χ0) is 25.4. The minimum Gasteiger partial charge on any atom is -0.495 e. The van der Waals surface area contributed by atoms with Crippen LogP contribution in [0.15, 0.2) is 54.7 Å². The molecule has 8 nitrogen and oxygen atoms in total. The molecule has 5 rings (SSSR count). The molecule has 1 aliphatic heterocycles. The van der Waals surface area contributed by atoms with Gasteiger partial charge < -0.3 is 14.8 Å². The number of carbonyl (C=O) groups is 2. The van der Waals surface area contributed by atoms with Gasteiger partial charge in [-0.1, -0.05) is 41.4 Å². The average Bonchev–Trinajstić information content (AvgIpc) is 3.14. The van der Waals surface area contributed by atoms with Crippen LogP contribution >= 0.6 is 23.2 Å². The van der Waals surface area contributed by atoms with Crippen molar-refractivity contribution in [3.05, 3.63) is 75.9 Å². The van der Waals surface area contributed by atoms with Crippen molar-refractivity contribution in [2.24, 2.45) is 0 Å². The van der Waals surface area contributed by atoms with E-state index in [0.717, 1.165) is 10.9 Å². The van der Waals surface area contributed by atoms with E-state index < -0.39 is 0 Å². The summed E-state index contributed by atoms with van der Waals surface area (Å²) in [5.41, 5.74) is 2.88. The topological polar surface area (TPSA) is 93.7 Å². The van der Waals surface area contributed by atoms with Crippen LogP contribution in [0.5, 0.6) is 11.5 Å². The van der Waals surface area contributed by atoms with Gasteiger partial charge in [0.05, 0.1) is 40.9 Å². The van der Waals surface area contributed by atoms with Crippen LogP contribution in [0, 0.1) is 0 Å². The number of anilines is 1. The number of amides is 2. The minimum absolute atomic E-state index is 0.196. The fraction of sp³-hybridized carbons (Fsp3) is 0.154. The predicted molar refractivity (Wildman–Crippen MR) is 138 cm³/mol. The molecule has 0 spiro atoms. The average molecular weight is 523 g/mol. The molecule has 0 aliphatic carbocycles. The number of aromatic nitrogens is 2.